The minimum atomic E-state index is 0.376. The normalized spacial score (nSPS) is 15.5. The highest BCUT2D eigenvalue weighted by Gasteiger charge is 2.31. The topological polar surface area (TPSA) is 0 Å². The van der Waals surface area contributed by atoms with Crippen LogP contribution in [0.4, 0.5) is 0 Å². The van der Waals surface area contributed by atoms with Gasteiger partial charge in [0.2, 0.25) is 0 Å². The molecule has 0 rings (SSSR count). The summed E-state index contributed by atoms with van der Waals surface area (Å²) in [5.74, 6) is 2.90. The van der Waals surface area contributed by atoms with E-state index in [-0.39, 0.29) is 0 Å². The maximum absolute atomic E-state index is 4.09. The largest absolute Gasteiger partial charge is 0.0651 e. The fourth-order valence-electron chi connectivity index (χ4n) is 1.87. The Morgan fingerprint density at radius 1 is 1.31 bits per heavy atom. The Bertz CT molecular complexity index is 131. The molecule has 0 N–H and O–H groups in total. The molecule has 0 spiro atoms. The summed E-state index contributed by atoms with van der Waals surface area (Å²) in [5, 5.41) is 0. The molecule has 0 saturated heterocycles. The highest BCUT2D eigenvalue weighted by atomic mass is 14.4. The lowest BCUT2D eigenvalue weighted by molar-refractivity contribution is 0.195. The Kier molecular flexibility index (Phi) is 5.02. The van der Waals surface area contributed by atoms with Crippen LogP contribution in [-0.4, -0.2) is 0 Å². The molecular weight excluding hydrogens is 156 g/mol. The molecule has 2 unspecified atom stereocenters. The Labute approximate surface area is 85.1 Å². The van der Waals surface area contributed by atoms with Crippen LogP contribution in [0.15, 0.2) is 0 Å². The van der Waals surface area contributed by atoms with Crippen molar-refractivity contribution in [1.82, 2.24) is 0 Å². The molecule has 0 fully saturated rings. The molecule has 13 heavy (non-hydrogen) atoms. The van der Waals surface area contributed by atoms with Crippen LogP contribution in [0.1, 0.15) is 54.4 Å². The summed E-state index contributed by atoms with van der Waals surface area (Å²) in [5.41, 5.74) is 0.376. The van der Waals surface area contributed by atoms with Gasteiger partial charge in [-0.15, -0.1) is 0 Å². The first kappa shape index (κ1) is 13.0. The van der Waals surface area contributed by atoms with Gasteiger partial charge in [-0.05, 0) is 29.6 Å². The summed E-state index contributed by atoms with van der Waals surface area (Å²) in [6.45, 7) is 17.8. The molecule has 0 aliphatic rings. The summed E-state index contributed by atoms with van der Waals surface area (Å²) >= 11 is 0. The lowest BCUT2D eigenvalue weighted by atomic mass is 9.67. The first-order valence-electron chi connectivity index (χ1n) is 5.46. The van der Waals surface area contributed by atoms with Crippen LogP contribution in [-0.2, 0) is 0 Å². The van der Waals surface area contributed by atoms with Crippen molar-refractivity contribution in [2.75, 3.05) is 0 Å². The molecule has 78 valence electrons. The minimum absolute atomic E-state index is 0.376. The van der Waals surface area contributed by atoms with Crippen LogP contribution in [0.25, 0.3) is 0 Å². The molecule has 0 saturated carbocycles. The van der Waals surface area contributed by atoms with E-state index in [0.717, 1.165) is 5.92 Å². The second-order valence-electron chi connectivity index (χ2n) is 5.17. The molecule has 0 aromatic carbocycles. The van der Waals surface area contributed by atoms with E-state index < -0.39 is 0 Å². The van der Waals surface area contributed by atoms with Crippen molar-refractivity contribution in [2.24, 2.45) is 17.3 Å². The maximum Gasteiger partial charge on any atom is -0.0244 e. The molecule has 0 heteroatoms. The monoisotopic (exact) mass is 182 g/mol. The predicted molar refractivity (Wildman–Crippen MR) is 61.3 cm³/mol. The van der Waals surface area contributed by atoms with Crippen molar-refractivity contribution in [1.29, 1.82) is 0 Å². The van der Waals surface area contributed by atoms with E-state index in [9.17, 15) is 0 Å². The van der Waals surface area contributed by atoms with E-state index in [1.54, 1.807) is 5.92 Å². The van der Waals surface area contributed by atoms with Gasteiger partial charge in [-0.2, -0.15) is 0 Å². The van der Waals surface area contributed by atoms with Gasteiger partial charge in [0.15, 0.2) is 0 Å². The lowest BCUT2D eigenvalue weighted by Crippen LogP contribution is -2.29. The molecule has 0 amide bonds. The van der Waals surface area contributed by atoms with Crippen LogP contribution >= 0.6 is 0 Å². The predicted octanol–water partition coefficient (Wildman–Crippen LogP) is 4.51. The standard InChI is InChI=1S/C13H26/c1-8-12(9-10(2)3)13(6,7)11(4)5/h10,12H,2,8-9H2,1,3-7H3. The smallest absolute Gasteiger partial charge is 0.0244 e. The molecule has 0 nitrogen and oxygen atoms in total. The summed E-state index contributed by atoms with van der Waals surface area (Å²) in [7, 11) is 0. The Hall–Kier alpha value is 0. The molecule has 0 aromatic heterocycles. The van der Waals surface area contributed by atoms with Crippen molar-refractivity contribution in [3.63, 3.8) is 0 Å². The average molecular weight is 182 g/mol. The van der Waals surface area contributed by atoms with Crippen molar-refractivity contribution < 1.29 is 0 Å². The van der Waals surface area contributed by atoms with Crippen molar-refractivity contribution in [3.05, 3.63) is 12.8 Å². The van der Waals surface area contributed by atoms with Crippen LogP contribution < -0.4 is 0 Å². The van der Waals surface area contributed by atoms with E-state index in [4.69, 9.17) is 0 Å². The SMILES string of the molecule is [CH2]C(C)CC(CC)C(C)(C)[C](C)C. The van der Waals surface area contributed by atoms with Gasteiger partial charge in [0.1, 0.15) is 0 Å². The van der Waals surface area contributed by atoms with E-state index in [2.05, 4.69) is 48.5 Å². The zero-order valence-electron chi connectivity index (χ0n) is 10.3. The van der Waals surface area contributed by atoms with Crippen LogP contribution in [0.2, 0.25) is 0 Å². The second kappa shape index (κ2) is 5.02. The molecule has 0 aromatic rings. The third-order valence-electron chi connectivity index (χ3n) is 3.49. The van der Waals surface area contributed by atoms with Gasteiger partial charge in [0.05, 0.1) is 0 Å². The first-order valence-corrected chi connectivity index (χ1v) is 5.46. The second-order valence-corrected chi connectivity index (χ2v) is 5.17. The lowest BCUT2D eigenvalue weighted by Gasteiger charge is -2.38. The van der Waals surface area contributed by atoms with E-state index in [1.807, 2.05) is 0 Å². The zero-order chi connectivity index (χ0) is 10.6. The molecule has 0 heterocycles. The van der Waals surface area contributed by atoms with Gasteiger partial charge in [-0.3, -0.25) is 0 Å². The Balaban J connectivity index is 4.37. The average Bonchev–Trinajstić information content (AvgIpc) is 1.99. The van der Waals surface area contributed by atoms with Crippen LogP contribution in [0.3, 0.4) is 0 Å². The van der Waals surface area contributed by atoms with Gasteiger partial charge < -0.3 is 0 Å². The van der Waals surface area contributed by atoms with Crippen molar-refractivity contribution >= 4 is 0 Å². The minimum Gasteiger partial charge on any atom is -0.0651 e. The summed E-state index contributed by atoms with van der Waals surface area (Å²) in [6.07, 6.45) is 2.51. The fraction of sp³-hybridized carbons (Fsp3) is 0.846. The molecule has 0 bridgehead atoms. The van der Waals surface area contributed by atoms with Gasteiger partial charge in [-0.1, -0.05) is 54.9 Å². The van der Waals surface area contributed by atoms with Gasteiger partial charge >= 0.3 is 0 Å². The quantitative estimate of drug-likeness (QED) is 0.586. The van der Waals surface area contributed by atoms with Gasteiger partial charge in [0, 0.05) is 0 Å². The summed E-state index contributed by atoms with van der Waals surface area (Å²) in [6, 6.07) is 0. The van der Waals surface area contributed by atoms with Crippen molar-refractivity contribution in [2.45, 2.75) is 54.4 Å². The number of rotatable bonds is 5. The van der Waals surface area contributed by atoms with E-state index in [1.165, 1.54) is 12.8 Å². The maximum atomic E-state index is 4.09. The number of hydrogen-bond donors (Lipinski definition) is 0. The highest BCUT2D eigenvalue weighted by molar-refractivity contribution is 4.98. The molecular formula is C13H26. The Morgan fingerprint density at radius 3 is 2.00 bits per heavy atom. The van der Waals surface area contributed by atoms with Crippen molar-refractivity contribution in [3.8, 4) is 0 Å². The molecule has 2 atom stereocenters. The molecule has 2 radical (unpaired) electrons. The van der Waals surface area contributed by atoms with Crippen LogP contribution in [0.5, 0.6) is 0 Å². The first-order chi connectivity index (χ1) is 5.82. The highest BCUT2D eigenvalue weighted by Crippen LogP contribution is 2.41. The third kappa shape index (κ3) is 3.70. The van der Waals surface area contributed by atoms with Gasteiger partial charge in [0.25, 0.3) is 0 Å². The Morgan fingerprint density at radius 2 is 1.77 bits per heavy atom. The fourth-order valence-corrected chi connectivity index (χ4v) is 1.87. The molecule has 0 aliphatic carbocycles. The summed E-state index contributed by atoms with van der Waals surface area (Å²) < 4.78 is 0. The van der Waals surface area contributed by atoms with Gasteiger partial charge in [-0.25, -0.2) is 0 Å². The molecule has 0 aliphatic heterocycles. The summed E-state index contributed by atoms with van der Waals surface area (Å²) in [4.78, 5) is 0. The van der Waals surface area contributed by atoms with Crippen LogP contribution in [0, 0.1) is 30.1 Å². The zero-order valence-corrected chi connectivity index (χ0v) is 10.3. The third-order valence-corrected chi connectivity index (χ3v) is 3.49. The van der Waals surface area contributed by atoms with E-state index >= 15 is 0 Å². The van der Waals surface area contributed by atoms with E-state index in [0.29, 0.717) is 11.3 Å². The number of hydrogen-bond acceptors (Lipinski definition) is 0.